The number of hydrogen-bond donors (Lipinski definition) is 1. The van der Waals surface area contributed by atoms with Crippen molar-refractivity contribution < 1.29 is 9.47 Å². The van der Waals surface area contributed by atoms with Gasteiger partial charge in [-0.25, -0.2) is 0 Å². The van der Waals surface area contributed by atoms with Crippen LogP contribution >= 0.6 is 0 Å². The molecule has 0 atom stereocenters. The van der Waals surface area contributed by atoms with Crippen LogP contribution in [0.4, 0.5) is 0 Å². The summed E-state index contributed by atoms with van der Waals surface area (Å²) in [5.41, 5.74) is 6.70. The molecule has 3 rings (SSSR count). The van der Waals surface area contributed by atoms with Crippen LogP contribution in [0, 0.1) is 0 Å². The molecule has 1 heterocycles. The summed E-state index contributed by atoms with van der Waals surface area (Å²) in [5.74, 6) is 3.02. The number of rotatable bonds is 2. The van der Waals surface area contributed by atoms with Crippen molar-refractivity contribution in [2.24, 2.45) is 5.73 Å². The molecule has 0 amide bonds. The molecule has 2 N–H and O–H groups in total. The van der Waals surface area contributed by atoms with Gasteiger partial charge in [0.1, 0.15) is 0 Å². The van der Waals surface area contributed by atoms with E-state index in [0.29, 0.717) is 6.54 Å². The maximum atomic E-state index is 5.80. The normalized spacial score (nSPS) is 12.1. The third-order valence-electron chi connectivity index (χ3n) is 2.73. The standard InChI is InChI=1S/C14H13NO2/c15-8-7-10-5-6-13-14(9-10)17-12-4-2-1-3-11(12)16-13/h1-6,9H,7-8,15H2. The molecule has 86 valence electrons. The number of para-hydroxylation sites is 2. The highest BCUT2D eigenvalue weighted by Crippen LogP contribution is 2.45. The van der Waals surface area contributed by atoms with E-state index in [1.54, 1.807) is 0 Å². The topological polar surface area (TPSA) is 44.5 Å². The van der Waals surface area contributed by atoms with Gasteiger partial charge in [0, 0.05) is 0 Å². The number of benzene rings is 2. The van der Waals surface area contributed by atoms with Gasteiger partial charge in [-0.3, -0.25) is 0 Å². The molecule has 0 radical (unpaired) electrons. The molecule has 0 saturated heterocycles. The molecule has 0 spiro atoms. The van der Waals surface area contributed by atoms with Gasteiger partial charge in [-0.05, 0) is 42.8 Å². The Morgan fingerprint density at radius 1 is 0.824 bits per heavy atom. The lowest BCUT2D eigenvalue weighted by atomic mass is 10.1. The van der Waals surface area contributed by atoms with Crippen molar-refractivity contribution in [1.29, 1.82) is 0 Å². The SMILES string of the molecule is NCCc1ccc2c(c1)Oc1ccccc1O2. The third kappa shape index (κ3) is 1.85. The smallest absolute Gasteiger partial charge is 0.170 e. The lowest BCUT2D eigenvalue weighted by molar-refractivity contribution is 0.359. The monoisotopic (exact) mass is 227 g/mol. The molecule has 2 aromatic rings. The van der Waals surface area contributed by atoms with Crippen LogP contribution in [0.1, 0.15) is 5.56 Å². The minimum Gasteiger partial charge on any atom is -0.450 e. The number of ether oxygens (including phenoxy) is 2. The van der Waals surface area contributed by atoms with E-state index in [-0.39, 0.29) is 0 Å². The van der Waals surface area contributed by atoms with Crippen LogP contribution in [-0.2, 0) is 6.42 Å². The first-order valence-electron chi connectivity index (χ1n) is 5.64. The van der Waals surface area contributed by atoms with Crippen LogP contribution in [0.3, 0.4) is 0 Å². The summed E-state index contributed by atoms with van der Waals surface area (Å²) in [5, 5.41) is 0. The summed E-state index contributed by atoms with van der Waals surface area (Å²) in [4.78, 5) is 0. The fourth-order valence-corrected chi connectivity index (χ4v) is 1.89. The number of hydrogen-bond acceptors (Lipinski definition) is 3. The highest BCUT2D eigenvalue weighted by atomic mass is 16.6. The molecule has 0 bridgehead atoms. The Morgan fingerprint density at radius 2 is 1.47 bits per heavy atom. The van der Waals surface area contributed by atoms with E-state index in [1.807, 2.05) is 42.5 Å². The zero-order valence-corrected chi connectivity index (χ0v) is 9.35. The Morgan fingerprint density at radius 3 is 2.18 bits per heavy atom. The first-order valence-corrected chi connectivity index (χ1v) is 5.64. The molecule has 2 aromatic carbocycles. The van der Waals surface area contributed by atoms with E-state index in [0.717, 1.165) is 35.0 Å². The van der Waals surface area contributed by atoms with Gasteiger partial charge in [0.05, 0.1) is 0 Å². The molecule has 3 nitrogen and oxygen atoms in total. The molecule has 1 aliphatic heterocycles. The fraction of sp³-hybridized carbons (Fsp3) is 0.143. The summed E-state index contributed by atoms with van der Waals surface area (Å²) < 4.78 is 11.6. The predicted octanol–water partition coefficient (Wildman–Crippen LogP) is 3.09. The molecule has 0 unspecified atom stereocenters. The summed E-state index contributed by atoms with van der Waals surface area (Å²) in [6.07, 6.45) is 0.846. The second-order valence-electron chi connectivity index (χ2n) is 3.97. The molecular formula is C14H13NO2. The second-order valence-corrected chi connectivity index (χ2v) is 3.97. The van der Waals surface area contributed by atoms with Crippen molar-refractivity contribution in [2.45, 2.75) is 6.42 Å². The van der Waals surface area contributed by atoms with Crippen LogP contribution in [0.15, 0.2) is 42.5 Å². The average Bonchev–Trinajstić information content (AvgIpc) is 2.36. The second kappa shape index (κ2) is 4.11. The van der Waals surface area contributed by atoms with Gasteiger partial charge >= 0.3 is 0 Å². The summed E-state index contributed by atoms with van der Waals surface area (Å²) in [6, 6.07) is 13.6. The summed E-state index contributed by atoms with van der Waals surface area (Å²) in [6.45, 7) is 0.635. The highest BCUT2D eigenvalue weighted by molar-refractivity contribution is 5.55. The molecule has 17 heavy (non-hydrogen) atoms. The molecule has 3 heteroatoms. The summed E-state index contributed by atoms with van der Waals surface area (Å²) in [7, 11) is 0. The van der Waals surface area contributed by atoms with E-state index in [4.69, 9.17) is 15.2 Å². The molecule has 1 aliphatic rings. The van der Waals surface area contributed by atoms with Gasteiger partial charge in [-0.2, -0.15) is 0 Å². The minimum atomic E-state index is 0.635. The number of nitrogens with two attached hydrogens (primary N) is 1. The van der Waals surface area contributed by atoms with Crippen molar-refractivity contribution >= 4 is 0 Å². The Balaban J connectivity index is 1.97. The van der Waals surface area contributed by atoms with Gasteiger partial charge in [0.25, 0.3) is 0 Å². The molecular weight excluding hydrogens is 214 g/mol. The van der Waals surface area contributed by atoms with Crippen molar-refractivity contribution in [3.63, 3.8) is 0 Å². The Hall–Kier alpha value is -2.00. The lowest BCUT2D eigenvalue weighted by Gasteiger charge is -2.20. The summed E-state index contributed by atoms with van der Waals surface area (Å²) >= 11 is 0. The maximum absolute atomic E-state index is 5.80. The van der Waals surface area contributed by atoms with Crippen molar-refractivity contribution in [2.75, 3.05) is 6.54 Å². The van der Waals surface area contributed by atoms with E-state index >= 15 is 0 Å². The quantitative estimate of drug-likeness (QED) is 0.731. The third-order valence-corrected chi connectivity index (χ3v) is 2.73. The Kier molecular flexibility index (Phi) is 2.46. The highest BCUT2D eigenvalue weighted by Gasteiger charge is 2.17. The molecule has 0 aliphatic carbocycles. The Labute approximate surface area is 99.8 Å². The van der Waals surface area contributed by atoms with E-state index in [2.05, 4.69) is 0 Å². The fourth-order valence-electron chi connectivity index (χ4n) is 1.89. The predicted molar refractivity (Wildman–Crippen MR) is 65.8 cm³/mol. The molecule has 0 saturated carbocycles. The van der Waals surface area contributed by atoms with Crippen LogP contribution in [0.2, 0.25) is 0 Å². The van der Waals surface area contributed by atoms with Crippen molar-refractivity contribution in [1.82, 2.24) is 0 Å². The van der Waals surface area contributed by atoms with E-state index in [9.17, 15) is 0 Å². The van der Waals surface area contributed by atoms with Gasteiger partial charge < -0.3 is 15.2 Å². The molecule has 0 fully saturated rings. The van der Waals surface area contributed by atoms with Crippen molar-refractivity contribution in [3.8, 4) is 23.0 Å². The van der Waals surface area contributed by atoms with Gasteiger partial charge in [0.15, 0.2) is 23.0 Å². The largest absolute Gasteiger partial charge is 0.450 e. The van der Waals surface area contributed by atoms with Gasteiger partial charge in [-0.15, -0.1) is 0 Å². The van der Waals surface area contributed by atoms with Crippen LogP contribution in [0.25, 0.3) is 0 Å². The Bertz CT molecular complexity index is 552. The zero-order valence-electron chi connectivity index (χ0n) is 9.35. The van der Waals surface area contributed by atoms with Crippen LogP contribution in [-0.4, -0.2) is 6.54 Å². The number of fused-ring (bicyclic) bond motifs is 2. The zero-order chi connectivity index (χ0) is 11.7. The first kappa shape index (κ1) is 10.2. The van der Waals surface area contributed by atoms with Gasteiger partial charge in [-0.1, -0.05) is 18.2 Å². The van der Waals surface area contributed by atoms with Gasteiger partial charge in [0.2, 0.25) is 0 Å². The first-order chi connectivity index (χ1) is 8.36. The maximum Gasteiger partial charge on any atom is 0.170 e. The lowest BCUT2D eigenvalue weighted by Crippen LogP contribution is -2.04. The van der Waals surface area contributed by atoms with Crippen LogP contribution < -0.4 is 15.2 Å². The van der Waals surface area contributed by atoms with E-state index in [1.165, 1.54) is 0 Å². The minimum absolute atomic E-state index is 0.635. The molecule has 0 aromatic heterocycles. The van der Waals surface area contributed by atoms with Crippen molar-refractivity contribution in [3.05, 3.63) is 48.0 Å². The average molecular weight is 227 g/mol. The van der Waals surface area contributed by atoms with Crippen LogP contribution in [0.5, 0.6) is 23.0 Å². The van der Waals surface area contributed by atoms with E-state index < -0.39 is 0 Å².